The van der Waals surface area contributed by atoms with E-state index in [0.29, 0.717) is 30.9 Å². The molecule has 0 radical (unpaired) electrons. The summed E-state index contributed by atoms with van der Waals surface area (Å²) in [6.45, 7) is 0.509. The first kappa shape index (κ1) is 18.7. The Bertz CT molecular complexity index is 685. The van der Waals surface area contributed by atoms with Gasteiger partial charge < -0.3 is 14.2 Å². The second-order valence-corrected chi connectivity index (χ2v) is 6.81. The van der Waals surface area contributed by atoms with Crippen LogP contribution in [-0.4, -0.2) is 49.6 Å². The molecule has 1 aromatic rings. The smallest absolute Gasteiger partial charge is 0.213 e. The molecule has 0 aliphatic heterocycles. The summed E-state index contributed by atoms with van der Waals surface area (Å²) >= 11 is 0. The molecule has 26 heavy (non-hydrogen) atoms. The Labute approximate surface area is 153 Å². The minimum Gasteiger partial charge on any atom is -0.478 e. The Balaban J connectivity index is 1.62. The van der Waals surface area contributed by atoms with Gasteiger partial charge in [0.05, 0.1) is 18.3 Å². The van der Waals surface area contributed by atoms with Gasteiger partial charge in [0, 0.05) is 32.9 Å². The molecule has 140 valence electrons. The molecular formula is C20H25NO5. The maximum absolute atomic E-state index is 12.7. The molecule has 0 bridgehead atoms. The van der Waals surface area contributed by atoms with Crippen molar-refractivity contribution in [2.24, 2.45) is 5.92 Å². The number of rotatable bonds is 6. The Morgan fingerprint density at radius 3 is 2.69 bits per heavy atom. The van der Waals surface area contributed by atoms with Crippen LogP contribution in [0.25, 0.3) is 0 Å². The number of nitrogens with zero attached hydrogens (tertiary/aromatic N) is 1. The number of hydrogen-bond acceptors (Lipinski definition) is 6. The normalized spacial score (nSPS) is 26.5. The first-order valence-electron chi connectivity index (χ1n) is 9.03. The summed E-state index contributed by atoms with van der Waals surface area (Å²) in [5.74, 6) is 0.496. The van der Waals surface area contributed by atoms with E-state index in [1.165, 1.54) is 7.11 Å². The molecular weight excluding hydrogens is 334 g/mol. The summed E-state index contributed by atoms with van der Waals surface area (Å²) in [5.41, 5.74) is 1.28. The average Bonchev–Trinajstić information content (AvgIpc) is 2.81. The fraction of sp³-hybridized carbons (Fsp3) is 0.550. The van der Waals surface area contributed by atoms with E-state index in [1.54, 1.807) is 13.3 Å². The number of aromatic nitrogens is 1. The van der Waals surface area contributed by atoms with Crippen LogP contribution in [0.1, 0.15) is 32.1 Å². The predicted octanol–water partition coefficient (Wildman–Crippen LogP) is 2.52. The van der Waals surface area contributed by atoms with Crippen LogP contribution in [-0.2, 0) is 19.1 Å². The van der Waals surface area contributed by atoms with Crippen molar-refractivity contribution in [3.05, 3.63) is 35.5 Å². The van der Waals surface area contributed by atoms with Crippen LogP contribution in [0.3, 0.4) is 0 Å². The Kier molecular flexibility index (Phi) is 6.16. The summed E-state index contributed by atoms with van der Waals surface area (Å²) in [6.07, 6.45) is 4.03. The minimum absolute atomic E-state index is 0.0676. The maximum Gasteiger partial charge on any atom is 0.213 e. The molecule has 0 amide bonds. The van der Waals surface area contributed by atoms with E-state index in [4.69, 9.17) is 14.2 Å². The highest BCUT2D eigenvalue weighted by Crippen LogP contribution is 2.36. The lowest BCUT2D eigenvalue weighted by Crippen LogP contribution is -2.43. The van der Waals surface area contributed by atoms with Crippen molar-refractivity contribution in [2.75, 3.05) is 20.8 Å². The van der Waals surface area contributed by atoms with Crippen LogP contribution in [0.2, 0.25) is 0 Å². The standard InChI is InChI=1S/C20H25NO5/c1-24-16-12-14-7-6-13(8-10-26-17-5-3-4-9-21-17)11-15(22)18(14)19(23)20(16)25-2/h3-5,9,13,16,20H,6-8,10-12H2,1-2H3. The molecule has 3 unspecified atom stereocenters. The van der Waals surface area contributed by atoms with Gasteiger partial charge in [0.25, 0.3) is 0 Å². The number of Topliss-reactive ketones (excluding diaryl/α,β-unsaturated/α-hetero) is 2. The molecule has 2 aliphatic carbocycles. The van der Waals surface area contributed by atoms with Gasteiger partial charge in [-0.05, 0) is 37.7 Å². The van der Waals surface area contributed by atoms with Gasteiger partial charge in [-0.15, -0.1) is 0 Å². The lowest BCUT2D eigenvalue weighted by Gasteiger charge is -2.30. The van der Waals surface area contributed by atoms with Gasteiger partial charge in [-0.25, -0.2) is 4.98 Å². The van der Waals surface area contributed by atoms with E-state index in [-0.39, 0.29) is 23.6 Å². The Hall–Kier alpha value is -2.05. The largest absolute Gasteiger partial charge is 0.478 e. The van der Waals surface area contributed by atoms with Crippen LogP contribution in [0, 0.1) is 5.92 Å². The molecule has 3 atom stereocenters. The monoisotopic (exact) mass is 359 g/mol. The van der Waals surface area contributed by atoms with Crippen molar-refractivity contribution in [3.63, 3.8) is 0 Å². The van der Waals surface area contributed by atoms with E-state index >= 15 is 0 Å². The molecule has 2 aliphatic rings. The zero-order chi connectivity index (χ0) is 18.5. The molecule has 0 aromatic carbocycles. The Morgan fingerprint density at radius 2 is 2.00 bits per heavy atom. The van der Waals surface area contributed by atoms with Gasteiger partial charge in [0.2, 0.25) is 5.88 Å². The summed E-state index contributed by atoms with van der Waals surface area (Å²) in [4.78, 5) is 29.6. The van der Waals surface area contributed by atoms with Crippen LogP contribution >= 0.6 is 0 Å². The minimum atomic E-state index is -0.688. The van der Waals surface area contributed by atoms with Gasteiger partial charge in [0.1, 0.15) is 6.10 Å². The van der Waals surface area contributed by atoms with Crippen molar-refractivity contribution in [1.29, 1.82) is 0 Å². The summed E-state index contributed by atoms with van der Waals surface area (Å²) in [7, 11) is 3.06. The van der Waals surface area contributed by atoms with Crippen molar-refractivity contribution in [1.82, 2.24) is 4.98 Å². The van der Waals surface area contributed by atoms with Crippen LogP contribution in [0.5, 0.6) is 5.88 Å². The number of methoxy groups -OCH3 is 2. The predicted molar refractivity (Wildman–Crippen MR) is 94.9 cm³/mol. The molecule has 3 rings (SSSR count). The molecule has 1 aromatic heterocycles. The first-order valence-corrected chi connectivity index (χ1v) is 9.03. The maximum atomic E-state index is 12.7. The zero-order valence-electron chi connectivity index (χ0n) is 15.3. The fourth-order valence-corrected chi connectivity index (χ4v) is 3.82. The van der Waals surface area contributed by atoms with Crippen molar-refractivity contribution < 1.29 is 23.8 Å². The number of ether oxygens (including phenoxy) is 3. The first-order chi connectivity index (χ1) is 12.6. The Morgan fingerprint density at radius 1 is 1.15 bits per heavy atom. The molecule has 6 nitrogen and oxygen atoms in total. The van der Waals surface area contributed by atoms with Crippen molar-refractivity contribution >= 4 is 11.6 Å². The number of hydrogen-bond donors (Lipinski definition) is 0. The van der Waals surface area contributed by atoms with E-state index < -0.39 is 6.10 Å². The molecule has 0 N–H and O–H groups in total. The molecule has 6 heteroatoms. The SMILES string of the molecule is COC1CC2=C(C(=O)CC(CCOc3ccccn3)CC2)C(=O)C1OC. The van der Waals surface area contributed by atoms with Gasteiger partial charge in [-0.3, -0.25) is 9.59 Å². The third-order valence-corrected chi connectivity index (χ3v) is 5.22. The van der Waals surface area contributed by atoms with Crippen LogP contribution < -0.4 is 4.74 Å². The molecule has 0 saturated heterocycles. The highest BCUT2D eigenvalue weighted by Gasteiger charge is 2.41. The van der Waals surface area contributed by atoms with Gasteiger partial charge >= 0.3 is 0 Å². The van der Waals surface area contributed by atoms with E-state index in [1.807, 2.05) is 18.2 Å². The van der Waals surface area contributed by atoms with E-state index in [2.05, 4.69) is 4.98 Å². The molecule has 0 saturated carbocycles. The van der Waals surface area contributed by atoms with Crippen LogP contribution in [0.4, 0.5) is 0 Å². The lowest BCUT2D eigenvalue weighted by molar-refractivity contribution is -0.137. The highest BCUT2D eigenvalue weighted by molar-refractivity contribution is 6.23. The lowest BCUT2D eigenvalue weighted by atomic mass is 9.83. The summed E-state index contributed by atoms with van der Waals surface area (Å²) in [5, 5.41) is 0. The summed E-state index contributed by atoms with van der Waals surface area (Å²) < 4.78 is 16.4. The van der Waals surface area contributed by atoms with Crippen molar-refractivity contribution in [2.45, 2.75) is 44.3 Å². The third kappa shape index (κ3) is 4.02. The number of ketones is 2. The number of carbonyl (C=O) groups is 2. The average molecular weight is 359 g/mol. The van der Waals surface area contributed by atoms with Gasteiger partial charge in [-0.1, -0.05) is 11.6 Å². The fourth-order valence-electron chi connectivity index (χ4n) is 3.82. The molecule has 0 spiro atoms. The number of carbonyl (C=O) groups excluding carboxylic acids is 2. The van der Waals surface area contributed by atoms with Gasteiger partial charge in [-0.2, -0.15) is 0 Å². The summed E-state index contributed by atoms with van der Waals surface area (Å²) in [6, 6.07) is 5.52. The van der Waals surface area contributed by atoms with Crippen LogP contribution in [0.15, 0.2) is 35.5 Å². The quantitative estimate of drug-likeness (QED) is 0.727. The van der Waals surface area contributed by atoms with Crippen molar-refractivity contribution in [3.8, 4) is 5.88 Å². The second kappa shape index (κ2) is 8.56. The van der Waals surface area contributed by atoms with Gasteiger partial charge in [0.15, 0.2) is 11.6 Å². The molecule has 1 heterocycles. The molecule has 0 fully saturated rings. The highest BCUT2D eigenvalue weighted by atomic mass is 16.5. The van der Waals surface area contributed by atoms with E-state index in [9.17, 15) is 9.59 Å². The topological polar surface area (TPSA) is 74.7 Å². The van der Waals surface area contributed by atoms with E-state index in [0.717, 1.165) is 24.8 Å². The third-order valence-electron chi connectivity index (χ3n) is 5.22. The number of pyridine rings is 1. The zero-order valence-corrected chi connectivity index (χ0v) is 15.3. The second-order valence-electron chi connectivity index (χ2n) is 6.81.